The highest BCUT2D eigenvalue weighted by molar-refractivity contribution is 5.49. The monoisotopic (exact) mass is 200 g/mol. The molecule has 80 valence electrons. The van der Waals surface area contributed by atoms with E-state index in [1.165, 1.54) is 30.4 Å². The predicted molar refractivity (Wildman–Crippen MR) is 66.6 cm³/mol. The minimum atomic E-state index is 0.697. The van der Waals surface area contributed by atoms with Crippen LogP contribution >= 0.6 is 0 Å². The molecule has 0 bridgehead atoms. The molecular weight excluding hydrogens is 180 g/mol. The van der Waals surface area contributed by atoms with Crippen molar-refractivity contribution in [3.05, 3.63) is 47.6 Å². The fourth-order valence-corrected chi connectivity index (χ4v) is 2.21. The third kappa shape index (κ3) is 2.50. The highest BCUT2D eigenvalue weighted by Gasteiger charge is 2.11. The van der Waals surface area contributed by atoms with E-state index in [2.05, 4.69) is 50.3 Å². The van der Waals surface area contributed by atoms with Crippen LogP contribution in [0.5, 0.6) is 0 Å². The fourth-order valence-electron chi connectivity index (χ4n) is 2.21. The van der Waals surface area contributed by atoms with Crippen LogP contribution in [0.3, 0.4) is 0 Å². The lowest BCUT2D eigenvalue weighted by atomic mass is 9.88. The highest BCUT2D eigenvalue weighted by Crippen LogP contribution is 2.27. The molecule has 0 saturated carbocycles. The molecule has 0 heterocycles. The van der Waals surface area contributed by atoms with Crippen molar-refractivity contribution in [1.29, 1.82) is 0 Å². The van der Waals surface area contributed by atoms with Gasteiger partial charge in [0.1, 0.15) is 0 Å². The summed E-state index contributed by atoms with van der Waals surface area (Å²) < 4.78 is 0. The number of rotatable bonds is 2. The summed E-state index contributed by atoms with van der Waals surface area (Å²) in [6.07, 6.45) is 17.7. The van der Waals surface area contributed by atoms with Gasteiger partial charge in [0.15, 0.2) is 0 Å². The van der Waals surface area contributed by atoms with Gasteiger partial charge in [-0.05, 0) is 42.2 Å². The average Bonchev–Trinajstić information content (AvgIpc) is 2.29. The van der Waals surface area contributed by atoms with E-state index in [1.807, 2.05) is 0 Å². The third-order valence-corrected chi connectivity index (χ3v) is 3.32. The molecule has 0 radical (unpaired) electrons. The molecule has 0 fully saturated rings. The zero-order valence-electron chi connectivity index (χ0n) is 9.74. The lowest BCUT2D eigenvalue weighted by Gasteiger charge is -2.18. The maximum atomic E-state index is 2.39. The Bertz CT molecular complexity index is 339. The number of hydrogen-bond acceptors (Lipinski definition) is 0. The Morgan fingerprint density at radius 1 is 1.20 bits per heavy atom. The van der Waals surface area contributed by atoms with E-state index in [4.69, 9.17) is 0 Å². The summed E-state index contributed by atoms with van der Waals surface area (Å²) in [4.78, 5) is 0. The van der Waals surface area contributed by atoms with Crippen LogP contribution in [0.15, 0.2) is 47.6 Å². The molecule has 0 aliphatic heterocycles. The molecule has 0 nitrogen and oxygen atoms in total. The van der Waals surface area contributed by atoms with E-state index in [1.54, 1.807) is 0 Å². The van der Waals surface area contributed by atoms with E-state index < -0.39 is 0 Å². The molecule has 2 unspecified atom stereocenters. The van der Waals surface area contributed by atoms with Gasteiger partial charge < -0.3 is 0 Å². The molecule has 0 amide bonds. The summed E-state index contributed by atoms with van der Waals surface area (Å²) in [6, 6.07) is 0. The average molecular weight is 200 g/mol. The minimum Gasteiger partial charge on any atom is -0.0834 e. The van der Waals surface area contributed by atoms with Gasteiger partial charge in [-0.2, -0.15) is 0 Å². The van der Waals surface area contributed by atoms with Gasteiger partial charge in [0, 0.05) is 0 Å². The van der Waals surface area contributed by atoms with Gasteiger partial charge in [-0.3, -0.25) is 0 Å². The van der Waals surface area contributed by atoms with Crippen molar-refractivity contribution in [1.82, 2.24) is 0 Å². The molecule has 0 aromatic carbocycles. The first kappa shape index (κ1) is 10.5. The molecule has 2 aliphatic rings. The Labute approximate surface area is 93.1 Å². The topological polar surface area (TPSA) is 0 Å². The molecule has 2 atom stereocenters. The summed E-state index contributed by atoms with van der Waals surface area (Å²) >= 11 is 0. The predicted octanol–water partition coefficient (Wildman–Crippen LogP) is 4.42. The van der Waals surface area contributed by atoms with Crippen molar-refractivity contribution in [2.75, 3.05) is 0 Å². The lowest BCUT2D eigenvalue weighted by molar-refractivity contribution is 0.630. The van der Waals surface area contributed by atoms with Crippen LogP contribution in [-0.4, -0.2) is 0 Å². The molecule has 15 heavy (non-hydrogen) atoms. The van der Waals surface area contributed by atoms with E-state index >= 15 is 0 Å². The molecule has 0 spiro atoms. The van der Waals surface area contributed by atoms with Crippen molar-refractivity contribution in [2.24, 2.45) is 11.8 Å². The number of allylic oxidation sites excluding steroid dienone is 8. The molecule has 0 saturated heterocycles. The van der Waals surface area contributed by atoms with Crippen LogP contribution < -0.4 is 0 Å². The fraction of sp³-hybridized carbons (Fsp3) is 0.467. The maximum Gasteiger partial charge on any atom is -0.0198 e. The normalized spacial score (nSPS) is 30.0. The second kappa shape index (κ2) is 4.65. The second-order valence-electron chi connectivity index (χ2n) is 4.66. The SMILES string of the molecule is CCC1C=CC(C2=CC(C)CC=C2)=CC1. The van der Waals surface area contributed by atoms with Gasteiger partial charge in [-0.1, -0.05) is 50.3 Å². The van der Waals surface area contributed by atoms with Crippen molar-refractivity contribution in [3.63, 3.8) is 0 Å². The van der Waals surface area contributed by atoms with Gasteiger partial charge in [0.05, 0.1) is 0 Å². The van der Waals surface area contributed by atoms with E-state index in [9.17, 15) is 0 Å². The molecule has 0 aromatic rings. The largest absolute Gasteiger partial charge is 0.0834 e. The Hall–Kier alpha value is -1.04. The van der Waals surface area contributed by atoms with Gasteiger partial charge in [0.2, 0.25) is 0 Å². The Kier molecular flexibility index (Phi) is 3.25. The first-order chi connectivity index (χ1) is 7.29. The minimum absolute atomic E-state index is 0.697. The third-order valence-electron chi connectivity index (χ3n) is 3.32. The molecule has 0 N–H and O–H groups in total. The lowest BCUT2D eigenvalue weighted by Crippen LogP contribution is -2.02. The van der Waals surface area contributed by atoms with Crippen molar-refractivity contribution in [3.8, 4) is 0 Å². The Balaban J connectivity index is 2.10. The molecule has 0 aromatic heterocycles. The molecule has 2 aliphatic carbocycles. The van der Waals surface area contributed by atoms with Crippen LogP contribution in [0.1, 0.15) is 33.1 Å². The van der Waals surface area contributed by atoms with Gasteiger partial charge >= 0.3 is 0 Å². The number of hydrogen-bond donors (Lipinski definition) is 0. The van der Waals surface area contributed by atoms with Crippen LogP contribution in [0.2, 0.25) is 0 Å². The van der Waals surface area contributed by atoms with Crippen molar-refractivity contribution in [2.45, 2.75) is 33.1 Å². The quantitative estimate of drug-likeness (QED) is 0.619. The second-order valence-corrected chi connectivity index (χ2v) is 4.66. The van der Waals surface area contributed by atoms with E-state index in [0.29, 0.717) is 5.92 Å². The summed E-state index contributed by atoms with van der Waals surface area (Å²) in [5, 5.41) is 0. The first-order valence-corrected chi connectivity index (χ1v) is 6.06. The Morgan fingerprint density at radius 3 is 2.67 bits per heavy atom. The zero-order valence-corrected chi connectivity index (χ0v) is 9.74. The van der Waals surface area contributed by atoms with Gasteiger partial charge in [-0.25, -0.2) is 0 Å². The smallest absolute Gasteiger partial charge is 0.0198 e. The summed E-state index contributed by atoms with van der Waals surface area (Å²) in [5.74, 6) is 1.46. The summed E-state index contributed by atoms with van der Waals surface area (Å²) in [6.45, 7) is 4.54. The van der Waals surface area contributed by atoms with Crippen molar-refractivity contribution < 1.29 is 0 Å². The first-order valence-electron chi connectivity index (χ1n) is 6.06. The van der Waals surface area contributed by atoms with E-state index in [0.717, 1.165) is 5.92 Å². The van der Waals surface area contributed by atoms with Gasteiger partial charge in [-0.15, -0.1) is 0 Å². The molecular formula is C15H20. The standard InChI is InChI=1S/C15H20/c1-3-13-7-9-14(10-8-13)15-6-4-5-12(2)11-15/h4,6-7,9-13H,3,5,8H2,1-2H3. The van der Waals surface area contributed by atoms with Crippen LogP contribution in [-0.2, 0) is 0 Å². The molecule has 2 rings (SSSR count). The Morgan fingerprint density at radius 2 is 2.07 bits per heavy atom. The van der Waals surface area contributed by atoms with Crippen LogP contribution in [0.4, 0.5) is 0 Å². The van der Waals surface area contributed by atoms with Crippen molar-refractivity contribution >= 4 is 0 Å². The summed E-state index contributed by atoms with van der Waals surface area (Å²) in [7, 11) is 0. The van der Waals surface area contributed by atoms with Crippen LogP contribution in [0.25, 0.3) is 0 Å². The van der Waals surface area contributed by atoms with Gasteiger partial charge in [0.25, 0.3) is 0 Å². The maximum absolute atomic E-state index is 2.39. The highest BCUT2D eigenvalue weighted by atomic mass is 14.2. The summed E-state index contributed by atoms with van der Waals surface area (Å²) in [5.41, 5.74) is 2.84. The zero-order chi connectivity index (χ0) is 10.7. The van der Waals surface area contributed by atoms with E-state index in [-0.39, 0.29) is 0 Å². The molecule has 0 heteroatoms. The van der Waals surface area contributed by atoms with Crippen LogP contribution in [0, 0.1) is 11.8 Å².